The quantitative estimate of drug-likeness (QED) is 0.210. The molecule has 2 N–H and O–H groups in total. The number of methoxy groups -OCH3 is 1. The van der Waals surface area contributed by atoms with Crippen molar-refractivity contribution in [3.8, 4) is 6.19 Å². The summed E-state index contributed by atoms with van der Waals surface area (Å²) < 4.78 is 5.21. The first-order valence-corrected chi connectivity index (χ1v) is 14.4. The van der Waals surface area contributed by atoms with Gasteiger partial charge in [0.2, 0.25) is 0 Å². The van der Waals surface area contributed by atoms with Crippen molar-refractivity contribution in [2.24, 2.45) is 11.8 Å². The number of likely N-dealkylation sites (N-methyl/N-ethyl adjacent to an activating group) is 1. The first-order chi connectivity index (χ1) is 17.9. The summed E-state index contributed by atoms with van der Waals surface area (Å²) in [6.07, 6.45) is 13.0. The van der Waals surface area contributed by atoms with Crippen LogP contribution in [0.25, 0.3) is 0 Å². The van der Waals surface area contributed by atoms with Gasteiger partial charge in [0, 0.05) is 44.3 Å². The summed E-state index contributed by atoms with van der Waals surface area (Å²) in [5.41, 5.74) is -0.319. The highest BCUT2D eigenvalue weighted by atomic mass is 35.5. The number of hydrogen-bond acceptors (Lipinski definition) is 5. The van der Waals surface area contributed by atoms with Gasteiger partial charge in [0.05, 0.1) is 11.6 Å². The first-order valence-electron chi connectivity index (χ1n) is 14.0. The molecule has 0 radical (unpaired) electrons. The lowest BCUT2D eigenvalue weighted by molar-refractivity contribution is -0.0576. The Morgan fingerprint density at radius 3 is 2.76 bits per heavy atom. The van der Waals surface area contributed by atoms with Crippen LogP contribution in [0.15, 0.2) is 24.3 Å². The minimum absolute atomic E-state index is 0.146. The van der Waals surface area contributed by atoms with Crippen LogP contribution in [0.5, 0.6) is 0 Å². The molecule has 1 aromatic carbocycles. The van der Waals surface area contributed by atoms with E-state index in [-0.39, 0.29) is 18.0 Å². The zero-order valence-electron chi connectivity index (χ0n) is 22.6. The lowest BCUT2D eigenvalue weighted by Gasteiger charge is -2.44. The largest absolute Gasteiger partial charge is 0.385 e. The van der Waals surface area contributed by atoms with Crippen molar-refractivity contribution >= 4 is 17.6 Å². The number of nitrogens with one attached hydrogen (secondary N) is 1. The molecule has 3 rings (SSSR count). The Balaban J connectivity index is 1.77. The summed E-state index contributed by atoms with van der Waals surface area (Å²) in [4.78, 5) is 16.9. The lowest BCUT2D eigenvalue weighted by Crippen LogP contribution is -2.54. The normalized spacial score (nSPS) is 21.2. The van der Waals surface area contributed by atoms with E-state index in [2.05, 4.69) is 11.5 Å². The third kappa shape index (κ3) is 8.07. The Bertz CT molecular complexity index is 888. The number of amides is 2. The molecule has 1 heterocycles. The number of halogens is 1. The summed E-state index contributed by atoms with van der Waals surface area (Å²) in [7, 11) is 3.56. The van der Waals surface area contributed by atoms with E-state index in [9.17, 15) is 15.2 Å². The third-order valence-electron chi connectivity index (χ3n) is 8.30. The van der Waals surface area contributed by atoms with Crippen molar-refractivity contribution < 1.29 is 14.6 Å². The number of nitrogens with zero attached hydrogens (tertiary/aromatic N) is 3. The van der Waals surface area contributed by atoms with Gasteiger partial charge in [-0.3, -0.25) is 0 Å². The van der Waals surface area contributed by atoms with Gasteiger partial charge in [-0.15, -0.1) is 0 Å². The number of aliphatic hydroxyl groups is 1. The molecule has 2 fully saturated rings. The van der Waals surface area contributed by atoms with Crippen molar-refractivity contribution in [1.29, 1.82) is 5.26 Å². The zero-order valence-corrected chi connectivity index (χ0v) is 23.4. The Morgan fingerprint density at radius 1 is 1.30 bits per heavy atom. The van der Waals surface area contributed by atoms with Gasteiger partial charge in [-0.1, -0.05) is 55.8 Å². The average Bonchev–Trinajstić information content (AvgIpc) is 2.92. The standard InChI is InChI=1S/C29H45ClN4O3/c1-32-20-27(18-23-10-4-3-5-11-23)34(22-31)28(35)33-16-9-13-25(21-33)29(36,15-6-7-17-37-2)24-12-8-14-26(30)19-24/h8,12,14,19,23,25,27,32,36H,3-7,9-11,13,15-18,20-21H2,1-2H3/t25-,27+,29-/m1/s1. The maximum absolute atomic E-state index is 13.7. The molecule has 1 aliphatic carbocycles. The van der Waals surface area contributed by atoms with Crippen LogP contribution in [0.4, 0.5) is 4.79 Å². The fourth-order valence-corrected chi connectivity index (χ4v) is 6.47. The number of hydrogen-bond donors (Lipinski definition) is 2. The minimum Gasteiger partial charge on any atom is -0.385 e. The molecule has 37 heavy (non-hydrogen) atoms. The summed E-state index contributed by atoms with van der Waals surface area (Å²) in [5.74, 6) is 0.415. The average molecular weight is 533 g/mol. The van der Waals surface area contributed by atoms with Crippen LogP contribution < -0.4 is 5.32 Å². The highest BCUT2D eigenvalue weighted by Crippen LogP contribution is 2.41. The Morgan fingerprint density at radius 2 is 2.08 bits per heavy atom. The molecule has 1 aliphatic heterocycles. The number of benzene rings is 1. The number of ether oxygens (including phenoxy) is 1. The zero-order chi connectivity index (χ0) is 26.7. The predicted molar refractivity (Wildman–Crippen MR) is 147 cm³/mol. The number of likely N-dealkylation sites (tertiary alicyclic amines) is 1. The molecule has 2 aliphatic rings. The second-order valence-corrected chi connectivity index (χ2v) is 11.3. The second-order valence-electron chi connectivity index (χ2n) is 10.9. The maximum Gasteiger partial charge on any atom is 0.333 e. The molecule has 0 aromatic heterocycles. The summed E-state index contributed by atoms with van der Waals surface area (Å²) in [5, 5.41) is 26.0. The third-order valence-corrected chi connectivity index (χ3v) is 8.53. The molecule has 0 bridgehead atoms. The van der Waals surface area contributed by atoms with Crippen molar-refractivity contribution in [3.63, 3.8) is 0 Å². The Kier molecular flexibility index (Phi) is 12.0. The summed E-state index contributed by atoms with van der Waals surface area (Å²) >= 11 is 6.31. The Labute approximate surface area is 228 Å². The molecule has 206 valence electrons. The predicted octanol–water partition coefficient (Wildman–Crippen LogP) is 5.52. The van der Waals surface area contributed by atoms with E-state index in [1.165, 1.54) is 37.0 Å². The molecular formula is C29H45ClN4O3. The minimum atomic E-state index is -1.11. The lowest BCUT2D eigenvalue weighted by atomic mass is 9.74. The fourth-order valence-electron chi connectivity index (χ4n) is 6.28. The summed E-state index contributed by atoms with van der Waals surface area (Å²) in [6, 6.07) is 7.05. The highest BCUT2D eigenvalue weighted by molar-refractivity contribution is 6.30. The number of unbranched alkanes of at least 4 members (excludes halogenated alkanes) is 1. The summed E-state index contributed by atoms with van der Waals surface area (Å²) in [6.45, 7) is 2.25. The highest BCUT2D eigenvalue weighted by Gasteiger charge is 2.42. The molecular weight excluding hydrogens is 488 g/mol. The number of rotatable bonds is 12. The van der Waals surface area contributed by atoms with Gasteiger partial charge < -0.3 is 20.1 Å². The van der Waals surface area contributed by atoms with E-state index < -0.39 is 5.60 Å². The molecule has 7 nitrogen and oxygen atoms in total. The first kappa shape index (κ1) is 29.7. The molecule has 0 unspecified atom stereocenters. The molecule has 0 spiro atoms. The van der Waals surface area contributed by atoms with Gasteiger partial charge in [-0.05, 0) is 69.2 Å². The fraction of sp³-hybridized carbons (Fsp3) is 0.724. The van der Waals surface area contributed by atoms with Gasteiger partial charge in [0.15, 0.2) is 6.19 Å². The van der Waals surface area contributed by atoms with E-state index in [1.807, 2.05) is 31.3 Å². The molecule has 1 saturated heterocycles. The van der Waals surface area contributed by atoms with Crippen LogP contribution in [-0.2, 0) is 10.3 Å². The SMILES string of the molecule is CNC[C@H](CC1CCCCC1)N(C#N)C(=O)N1CCC[C@@H]([C@@](O)(CCCCOC)c2cccc(Cl)c2)C1. The Hall–Kier alpha value is -1.85. The molecule has 8 heteroatoms. The topological polar surface area (TPSA) is 88.8 Å². The van der Waals surface area contributed by atoms with Gasteiger partial charge in [0.1, 0.15) is 0 Å². The molecule has 1 aromatic rings. The van der Waals surface area contributed by atoms with Crippen LogP contribution in [-0.4, -0.2) is 67.4 Å². The molecule has 1 saturated carbocycles. The van der Waals surface area contributed by atoms with E-state index in [1.54, 1.807) is 12.0 Å². The monoisotopic (exact) mass is 532 g/mol. The van der Waals surface area contributed by atoms with Crippen molar-refractivity contribution in [2.75, 3.05) is 40.4 Å². The van der Waals surface area contributed by atoms with E-state index in [0.29, 0.717) is 43.6 Å². The number of urea groups is 1. The number of nitriles is 1. The van der Waals surface area contributed by atoms with Crippen LogP contribution in [0.1, 0.15) is 76.2 Å². The van der Waals surface area contributed by atoms with Crippen LogP contribution in [0, 0.1) is 23.3 Å². The van der Waals surface area contributed by atoms with Gasteiger partial charge in [-0.25, -0.2) is 9.69 Å². The number of carbonyl (C=O) groups is 1. The van der Waals surface area contributed by atoms with E-state index in [4.69, 9.17) is 16.3 Å². The van der Waals surface area contributed by atoms with Crippen molar-refractivity contribution in [1.82, 2.24) is 15.1 Å². The van der Waals surface area contributed by atoms with Crippen molar-refractivity contribution in [3.05, 3.63) is 34.9 Å². The van der Waals surface area contributed by atoms with Crippen LogP contribution >= 0.6 is 11.6 Å². The number of carbonyl (C=O) groups excluding carboxylic acids is 1. The van der Waals surface area contributed by atoms with E-state index in [0.717, 1.165) is 37.7 Å². The van der Waals surface area contributed by atoms with Crippen LogP contribution in [0.2, 0.25) is 5.02 Å². The number of piperidine rings is 1. The van der Waals surface area contributed by atoms with Crippen LogP contribution in [0.3, 0.4) is 0 Å². The molecule has 3 atom stereocenters. The van der Waals surface area contributed by atoms with Gasteiger partial charge >= 0.3 is 6.03 Å². The van der Waals surface area contributed by atoms with E-state index >= 15 is 0 Å². The second kappa shape index (κ2) is 14.9. The molecule has 2 amide bonds. The van der Waals surface area contributed by atoms with Crippen molar-refractivity contribution in [2.45, 2.75) is 82.3 Å². The smallest absolute Gasteiger partial charge is 0.333 e. The van der Waals surface area contributed by atoms with Gasteiger partial charge in [-0.2, -0.15) is 5.26 Å². The van der Waals surface area contributed by atoms with Gasteiger partial charge in [0.25, 0.3) is 0 Å². The maximum atomic E-state index is 13.7.